The number of hydrogen-bond acceptors (Lipinski definition) is 3. The quantitative estimate of drug-likeness (QED) is 0.414. The molecule has 0 saturated carbocycles. The molecule has 0 heterocycles. The summed E-state index contributed by atoms with van der Waals surface area (Å²) in [6, 6.07) is 8.86. The van der Waals surface area contributed by atoms with Crippen LogP contribution < -0.4 is 11.3 Å². The molecule has 0 radical (unpaired) electrons. The second-order valence-electron chi connectivity index (χ2n) is 4.20. The Morgan fingerprint density at radius 3 is 2.47 bits per heavy atom. The van der Waals surface area contributed by atoms with Crippen LogP contribution in [0.3, 0.4) is 0 Å². The highest BCUT2D eigenvalue weighted by Crippen LogP contribution is 2.17. The van der Waals surface area contributed by atoms with Crippen molar-refractivity contribution in [3.05, 3.63) is 35.4 Å². The van der Waals surface area contributed by atoms with E-state index in [1.54, 1.807) is 0 Å². The molecule has 0 bridgehead atoms. The van der Waals surface area contributed by atoms with Gasteiger partial charge in [-0.25, -0.2) is 0 Å². The molecule has 3 N–H and O–H groups in total. The highest BCUT2D eigenvalue weighted by atomic mass is 16.5. The van der Waals surface area contributed by atoms with E-state index in [-0.39, 0.29) is 6.04 Å². The number of nitrogens with one attached hydrogen (secondary N) is 1. The Hall–Kier alpha value is -0.900. The number of nitrogens with two attached hydrogens (primary N) is 1. The average molecular weight is 236 g/mol. The molecule has 0 saturated heterocycles. The lowest BCUT2D eigenvalue weighted by atomic mass is 10.0. The van der Waals surface area contributed by atoms with Crippen LogP contribution in [-0.2, 0) is 11.2 Å². The molecule has 0 aliphatic rings. The van der Waals surface area contributed by atoms with E-state index in [0.717, 1.165) is 26.1 Å². The smallest absolute Gasteiger partial charge is 0.0484 e. The van der Waals surface area contributed by atoms with E-state index in [1.807, 2.05) is 6.92 Å². The zero-order chi connectivity index (χ0) is 12.5. The largest absolute Gasteiger partial charge is 0.382 e. The summed E-state index contributed by atoms with van der Waals surface area (Å²) in [7, 11) is 0. The first kappa shape index (κ1) is 14.2. The molecule has 1 aromatic rings. The molecule has 0 aliphatic carbocycles. The summed E-state index contributed by atoms with van der Waals surface area (Å²) in [6.07, 6.45) is 3.22. The number of aryl methyl sites for hydroxylation is 1. The Morgan fingerprint density at radius 1 is 1.24 bits per heavy atom. The molecule has 0 fully saturated rings. The third kappa shape index (κ3) is 4.86. The van der Waals surface area contributed by atoms with Crippen LogP contribution in [0.2, 0.25) is 0 Å². The van der Waals surface area contributed by atoms with Gasteiger partial charge in [0.15, 0.2) is 0 Å². The van der Waals surface area contributed by atoms with Crippen LogP contribution in [0.15, 0.2) is 24.3 Å². The summed E-state index contributed by atoms with van der Waals surface area (Å²) in [5.74, 6) is 5.58. The lowest BCUT2D eigenvalue weighted by molar-refractivity contribution is 0.136. The van der Waals surface area contributed by atoms with E-state index in [9.17, 15) is 0 Å². The Kier molecular flexibility index (Phi) is 6.86. The first-order valence-corrected chi connectivity index (χ1v) is 6.44. The van der Waals surface area contributed by atoms with E-state index >= 15 is 0 Å². The monoisotopic (exact) mass is 236 g/mol. The first-order valence-electron chi connectivity index (χ1n) is 6.44. The maximum Gasteiger partial charge on any atom is 0.0484 e. The topological polar surface area (TPSA) is 47.3 Å². The normalized spacial score (nSPS) is 12.6. The van der Waals surface area contributed by atoms with Gasteiger partial charge in [0.05, 0.1) is 0 Å². The van der Waals surface area contributed by atoms with Crippen LogP contribution in [0.25, 0.3) is 0 Å². The Bertz CT molecular complexity index is 298. The van der Waals surface area contributed by atoms with Crippen molar-refractivity contribution in [2.75, 3.05) is 13.2 Å². The van der Waals surface area contributed by atoms with Crippen LogP contribution in [-0.4, -0.2) is 13.2 Å². The number of ether oxygens (including phenoxy) is 1. The van der Waals surface area contributed by atoms with Gasteiger partial charge in [-0.05, 0) is 30.9 Å². The molecule has 1 rings (SSSR count). The maximum absolute atomic E-state index is 5.58. The highest BCUT2D eigenvalue weighted by Gasteiger charge is 2.08. The van der Waals surface area contributed by atoms with Gasteiger partial charge in [0.2, 0.25) is 0 Å². The second-order valence-corrected chi connectivity index (χ2v) is 4.20. The molecule has 0 aliphatic heterocycles. The minimum absolute atomic E-state index is 0.178. The van der Waals surface area contributed by atoms with Gasteiger partial charge in [0.1, 0.15) is 0 Å². The molecular formula is C14H24N2O. The molecule has 1 aromatic carbocycles. The van der Waals surface area contributed by atoms with Crippen molar-refractivity contribution in [1.29, 1.82) is 0 Å². The number of benzene rings is 1. The maximum atomic E-state index is 5.58. The Morgan fingerprint density at radius 2 is 1.94 bits per heavy atom. The number of rotatable bonds is 8. The summed E-state index contributed by atoms with van der Waals surface area (Å²) in [4.78, 5) is 0. The lowest BCUT2D eigenvalue weighted by Gasteiger charge is -2.16. The molecule has 17 heavy (non-hydrogen) atoms. The van der Waals surface area contributed by atoms with Crippen LogP contribution in [0.5, 0.6) is 0 Å². The predicted molar refractivity (Wildman–Crippen MR) is 71.6 cm³/mol. The van der Waals surface area contributed by atoms with E-state index in [4.69, 9.17) is 10.6 Å². The molecular weight excluding hydrogens is 212 g/mol. The summed E-state index contributed by atoms with van der Waals surface area (Å²) >= 11 is 0. The molecule has 0 aromatic heterocycles. The third-order valence-electron chi connectivity index (χ3n) is 2.88. The van der Waals surface area contributed by atoms with E-state index in [1.165, 1.54) is 17.5 Å². The standard InChI is InChI=1S/C14H24N2O/c1-3-5-12-6-8-13(9-7-12)14(16-15)10-11-17-4-2/h6-9,14,16H,3-5,10-11,15H2,1-2H3. The fourth-order valence-corrected chi connectivity index (χ4v) is 1.90. The fraction of sp³-hybridized carbons (Fsp3) is 0.571. The number of hydrazine groups is 1. The zero-order valence-corrected chi connectivity index (χ0v) is 10.9. The van der Waals surface area contributed by atoms with E-state index < -0.39 is 0 Å². The van der Waals surface area contributed by atoms with E-state index in [0.29, 0.717) is 0 Å². The summed E-state index contributed by atoms with van der Waals surface area (Å²) < 4.78 is 5.35. The molecule has 3 heteroatoms. The minimum atomic E-state index is 0.178. The van der Waals surface area contributed by atoms with Crippen molar-refractivity contribution in [1.82, 2.24) is 5.43 Å². The lowest BCUT2D eigenvalue weighted by Crippen LogP contribution is -2.29. The zero-order valence-electron chi connectivity index (χ0n) is 10.9. The molecule has 96 valence electrons. The van der Waals surface area contributed by atoms with Crippen molar-refractivity contribution in [2.24, 2.45) is 5.84 Å². The SMILES string of the molecule is CCCc1ccc(C(CCOCC)NN)cc1. The van der Waals surface area contributed by atoms with Gasteiger partial charge in [-0.2, -0.15) is 0 Å². The van der Waals surface area contributed by atoms with Crippen LogP contribution >= 0.6 is 0 Å². The van der Waals surface area contributed by atoms with Crippen molar-refractivity contribution < 1.29 is 4.74 Å². The van der Waals surface area contributed by atoms with Crippen LogP contribution in [0, 0.1) is 0 Å². The third-order valence-corrected chi connectivity index (χ3v) is 2.88. The van der Waals surface area contributed by atoms with Gasteiger partial charge in [0.25, 0.3) is 0 Å². The van der Waals surface area contributed by atoms with Gasteiger partial charge >= 0.3 is 0 Å². The van der Waals surface area contributed by atoms with Gasteiger partial charge in [-0.1, -0.05) is 37.6 Å². The predicted octanol–water partition coefficient (Wildman–Crippen LogP) is 2.57. The molecule has 0 amide bonds. The highest BCUT2D eigenvalue weighted by molar-refractivity contribution is 5.25. The molecule has 1 atom stereocenters. The van der Waals surface area contributed by atoms with Crippen molar-refractivity contribution in [3.63, 3.8) is 0 Å². The summed E-state index contributed by atoms with van der Waals surface area (Å²) in [5.41, 5.74) is 5.46. The second kappa shape index (κ2) is 8.23. The van der Waals surface area contributed by atoms with Gasteiger partial charge in [0, 0.05) is 19.3 Å². The van der Waals surface area contributed by atoms with Crippen molar-refractivity contribution in [3.8, 4) is 0 Å². The van der Waals surface area contributed by atoms with Gasteiger partial charge in [-0.3, -0.25) is 11.3 Å². The van der Waals surface area contributed by atoms with Crippen LogP contribution in [0.4, 0.5) is 0 Å². The Balaban J connectivity index is 2.55. The van der Waals surface area contributed by atoms with Gasteiger partial charge < -0.3 is 4.74 Å². The van der Waals surface area contributed by atoms with Crippen LogP contribution in [0.1, 0.15) is 43.9 Å². The van der Waals surface area contributed by atoms with E-state index in [2.05, 4.69) is 36.6 Å². The van der Waals surface area contributed by atoms with Crippen molar-refractivity contribution in [2.45, 2.75) is 39.2 Å². The summed E-state index contributed by atoms with van der Waals surface area (Å²) in [5, 5.41) is 0. The van der Waals surface area contributed by atoms with Gasteiger partial charge in [-0.15, -0.1) is 0 Å². The Labute approximate surface area is 104 Å². The average Bonchev–Trinajstić information content (AvgIpc) is 2.36. The molecule has 0 spiro atoms. The molecule has 1 unspecified atom stereocenters. The molecule has 3 nitrogen and oxygen atoms in total. The van der Waals surface area contributed by atoms with Crippen molar-refractivity contribution >= 4 is 0 Å². The summed E-state index contributed by atoms with van der Waals surface area (Å²) in [6.45, 7) is 5.69. The minimum Gasteiger partial charge on any atom is -0.382 e. The number of hydrogen-bond donors (Lipinski definition) is 2. The first-order chi connectivity index (χ1) is 8.31. The fourth-order valence-electron chi connectivity index (χ4n) is 1.90.